The van der Waals surface area contributed by atoms with Gasteiger partial charge < -0.3 is 5.11 Å². The molecule has 1 N–H and O–H groups in total. The predicted octanol–water partition coefficient (Wildman–Crippen LogP) is 1.02. The molecule has 2 saturated heterocycles. The third-order valence-corrected chi connectivity index (χ3v) is 4.39. The van der Waals surface area contributed by atoms with Crippen molar-refractivity contribution in [2.75, 3.05) is 24.6 Å². The van der Waals surface area contributed by atoms with Gasteiger partial charge in [-0.15, -0.1) is 0 Å². The highest BCUT2D eigenvalue weighted by molar-refractivity contribution is 6.22. The summed E-state index contributed by atoms with van der Waals surface area (Å²) in [7, 11) is 0. The first-order chi connectivity index (χ1) is 10.2. The minimum atomic E-state index is -0.368. The Balaban J connectivity index is 1.77. The maximum Gasteiger partial charge on any atom is 0.251 e. The lowest BCUT2D eigenvalue weighted by atomic mass is 9.97. The zero-order chi connectivity index (χ0) is 14.8. The molecule has 0 bridgehead atoms. The van der Waals surface area contributed by atoms with Crippen LogP contribution in [0.3, 0.4) is 0 Å². The number of carbonyl (C=O) groups excluding carboxylic acids is 2. The maximum absolute atomic E-state index is 12.6. The zero-order valence-corrected chi connectivity index (χ0v) is 11.9. The number of amides is 2. The number of imide groups is 1. The van der Waals surface area contributed by atoms with Crippen LogP contribution < -0.4 is 4.90 Å². The van der Waals surface area contributed by atoms with Crippen molar-refractivity contribution in [2.24, 2.45) is 5.92 Å². The van der Waals surface area contributed by atoms with Crippen molar-refractivity contribution in [3.05, 3.63) is 30.3 Å². The highest BCUT2D eigenvalue weighted by Crippen LogP contribution is 2.28. The number of para-hydroxylation sites is 1. The molecule has 112 valence electrons. The number of benzene rings is 1. The summed E-state index contributed by atoms with van der Waals surface area (Å²) in [5.41, 5.74) is 0.644. The summed E-state index contributed by atoms with van der Waals surface area (Å²) in [6.45, 7) is 1.67. The van der Waals surface area contributed by atoms with Gasteiger partial charge in [-0.05, 0) is 37.4 Å². The monoisotopic (exact) mass is 288 g/mol. The van der Waals surface area contributed by atoms with Gasteiger partial charge in [0.15, 0.2) is 0 Å². The quantitative estimate of drug-likeness (QED) is 0.844. The summed E-state index contributed by atoms with van der Waals surface area (Å²) in [4.78, 5) is 28.2. The van der Waals surface area contributed by atoms with Gasteiger partial charge in [0.25, 0.3) is 5.91 Å². The number of anilines is 1. The lowest BCUT2D eigenvalue weighted by molar-refractivity contribution is -0.123. The Labute approximate surface area is 124 Å². The molecule has 5 heteroatoms. The normalized spacial score (nSPS) is 27.4. The average molecular weight is 288 g/mol. The van der Waals surface area contributed by atoms with Crippen LogP contribution in [-0.2, 0) is 9.59 Å². The molecule has 1 aromatic carbocycles. The van der Waals surface area contributed by atoms with Crippen molar-refractivity contribution >= 4 is 17.5 Å². The zero-order valence-electron chi connectivity index (χ0n) is 11.9. The molecule has 2 fully saturated rings. The van der Waals surface area contributed by atoms with Crippen LogP contribution in [0, 0.1) is 5.92 Å². The summed E-state index contributed by atoms with van der Waals surface area (Å²) >= 11 is 0. The van der Waals surface area contributed by atoms with E-state index in [1.165, 1.54) is 4.90 Å². The molecule has 0 aliphatic carbocycles. The van der Waals surface area contributed by atoms with Crippen LogP contribution in [0.4, 0.5) is 5.69 Å². The highest BCUT2D eigenvalue weighted by Gasteiger charge is 2.43. The van der Waals surface area contributed by atoms with E-state index in [0.717, 1.165) is 19.4 Å². The molecule has 3 rings (SSSR count). The van der Waals surface area contributed by atoms with Gasteiger partial charge in [0.1, 0.15) is 0 Å². The van der Waals surface area contributed by atoms with Crippen LogP contribution in [0.15, 0.2) is 30.3 Å². The Bertz CT molecular complexity index is 532. The first kappa shape index (κ1) is 14.2. The number of aliphatic hydroxyl groups excluding tert-OH is 1. The van der Waals surface area contributed by atoms with E-state index >= 15 is 0 Å². The van der Waals surface area contributed by atoms with E-state index in [9.17, 15) is 14.7 Å². The first-order valence-electron chi connectivity index (χ1n) is 7.47. The van der Waals surface area contributed by atoms with E-state index in [1.807, 2.05) is 18.2 Å². The van der Waals surface area contributed by atoms with Gasteiger partial charge in [0.2, 0.25) is 5.91 Å². The molecule has 1 aromatic rings. The minimum absolute atomic E-state index is 0.134. The summed E-state index contributed by atoms with van der Waals surface area (Å²) in [6.07, 6.45) is 2.20. The van der Waals surface area contributed by atoms with Crippen molar-refractivity contribution in [2.45, 2.75) is 25.3 Å². The number of hydrogen-bond acceptors (Lipinski definition) is 4. The summed E-state index contributed by atoms with van der Waals surface area (Å²) in [5, 5.41) is 9.31. The second-order valence-corrected chi connectivity index (χ2v) is 5.81. The van der Waals surface area contributed by atoms with E-state index in [2.05, 4.69) is 4.90 Å². The van der Waals surface area contributed by atoms with E-state index in [1.54, 1.807) is 12.1 Å². The lowest BCUT2D eigenvalue weighted by Crippen LogP contribution is -2.47. The van der Waals surface area contributed by atoms with Crippen molar-refractivity contribution in [3.8, 4) is 0 Å². The van der Waals surface area contributed by atoms with Gasteiger partial charge in [0.05, 0.1) is 18.2 Å². The largest absolute Gasteiger partial charge is 0.396 e. The van der Waals surface area contributed by atoms with Crippen LogP contribution in [0.2, 0.25) is 0 Å². The highest BCUT2D eigenvalue weighted by atomic mass is 16.3. The lowest BCUT2D eigenvalue weighted by Gasteiger charge is -2.34. The Morgan fingerprint density at radius 1 is 1.19 bits per heavy atom. The number of aliphatic hydroxyl groups is 1. The van der Waals surface area contributed by atoms with E-state index in [-0.39, 0.29) is 36.8 Å². The summed E-state index contributed by atoms with van der Waals surface area (Å²) in [5.74, 6) is -0.0560. The van der Waals surface area contributed by atoms with Crippen LogP contribution in [-0.4, -0.2) is 47.6 Å². The average Bonchev–Trinajstić information content (AvgIpc) is 2.83. The Morgan fingerprint density at radius 2 is 1.95 bits per heavy atom. The van der Waals surface area contributed by atoms with Crippen molar-refractivity contribution in [1.82, 2.24) is 4.90 Å². The molecule has 2 aliphatic heterocycles. The van der Waals surface area contributed by atoms with Gasteiger partial charge in [-0.3, -0.25) is 14.5 Å². The van der Waals surface area contributed by atoms with E-state index < -0.39 is 0 Å². The SMILES string of the molecule is O=C1C[C@@H](N2CCC[C@H](CO)C2)C(=O)N1c1ccccc1. The molecule has 2 aliphatic rings. The Hall–Kier alpha value is -1.72. The molecule has 0 radical (unpaired) electrons. The molecular formula is C16H20N2O3. The molecule has 2 atom stereocenters. The van der Waals surface area contributed by atoms with Gasteiger partial charge in [-0.2, -0.15) is 0 Å². The minimum Gasteiger partial charge on any atom is -0.396 e. The third kappa shape index (κ3) is 2.71. The van der Waals surface area contributed by atoms with Crippen molar-refractivity contribution in [3.63, 3.8) is 0 Å². The number of likely N-dealkylation sites (tertiary alicyclic amines) is 1. The van der Waals surface area contributed by atoms with E-state index in [4.69, 9.17) is 0 Å². The summed E-state index contributed by atoms with van der Waals surface area (Å²) in [6, 6.07) is 8.71. The number of piperidine rings is 1. The molecule has 21 heavy (non-hydrogen) atoms. The molecule has 2 amide bonds. The molecule has 0 saturated carbocycles. The number of hydrogen-bond donors (Lipinski definition) is 1. The fourth-order valence-electron chi connectivity index (χ4n) is 3.28. The number of rotatable bonds is 3. The van der Waals surface area contributed by atoms with Gasteiger partial charge in [-0.25, -0.2) is 4.90 Å². The standard InChI is InChI=1S/C16H20N2O3/c19-11-12-5-4-8-17(10-12)14-9-15(20)18(16(14)21)13-6-2-1-3-7-13/h1-3,6-7,12,14,19H,4-5,8-11H2/t12-,14+/m0/s1. The Kier molecular flexibility index (Phi) is 4.03. The molecule has 2 heterocycles. The molecule has 0 unspecified atom stereocenters. The molecule has 0 aromatic heterocycles. The van der Waals surface area contributed by atoms with Crippen LogP contribution in [0.25, 0.3) is 0 Å². The maximum atomic E-state index is 12.6. The predicted molar refractivity (Wildman–Crippen MR) is 78.7 cm³/mol. The van der Waals surface area contributed by atoms with Crippen LogP contribution in [0.1, 0.15) is 19.3 Å². The molecular weight excluding hydrogens is 268 g/mol. The third-order valence-electron chi connectivity index (χ3n) is 4.39. The van der Waals surface area contributed by atoms with E-state index in [0.29, 0.717) is 12.2 Å². The number of carbonyl (C=O) groups is 2. The fourth-order valence-corrected chi connectivity index (χ4v) is 3.28. The van der Waals surface area contributed by atoms with Gasteiger partial charge in [0, 0.05) is 13.2 Å². The molecule has 5 nitrogen and oxygen atoms in total. The van der Waals surface area contributed by atoms with Gasteiger partial charge >= 0.3 is 0 Å². The topological polar surface area (TPSA) is 60.9 Å². The van der Waals surface area contributed by atoms with Gasteiger partial charge in [-0.1, -0.05) is 18.2 Å². The summed E-state index contributed by atoms with van der Waals surface area (Å²) < 4.78 is 0. The molecule has 0 spiro atoms. The second kappa shape index (κ2) is 5.95. The van der Waals surface area contributed by atoms with Crippen molar-refractivity contribution in [1.29, 1.82) is 0 Å². The number of nitrogens with zero attached hydrogens (tertiary/aromatic N) is 2. The van der Waals surface area contributed by atoms with Crippen molar-refractivity contribution < 1.29 is 14.7 Å². The fraction of sp³-hybridized carbons (Fsp3) is 0.500. The van der Waals surface area contributed by atoms with Crippen LogP contribution >= 0.6 is 0 Å². The smallest absolute Gasteiger partial charge is 0.251 e. The first-order valence-corrected chi connectivity index (χ1v) is 7.47. The van der Waals surface area contributed by atoms with Crippen LogP contribution in [0.5, 0.6) is 0 Å². The second-order valence-electron chi connectivity index (χ2n) is 5.81. The Morgan fingerprint density at radius 3 is 2.67 bits per heavy atom.